The van der Waals surface area contributed by atoms with Gasteiger partial charge in [0.2, 0.25) is 0 Å². The number of fused-ring (bicyclic) bond motifs is 1. The zero-order valence-electron chi connectivity index (χ0n) is 13.4. The Hall–Kier alpha value is -2.15. The molecule has 7 heteroatoms. The Balaban J connectivity index is 1.33. The molecule has 1 N–H and O–H groups in total. The van der Waals surface area contributed by atoms with E-state index in [0.29, 0.717) is 13.1 Å². The zero-order valence-corrected chi connectivity index (χ0v) is 14.2. The van der Waals surface area contributed by atoms with Gasteiger partial charge >= 0.3 is 6.03 Å². The molecule has 0 spiro atoms. The Kier molecular flexibility index (Phi) is 4.34. The maximum atomic E-state index is 12.4. The lowest BCUT2D eigenvalue weighted by Crippen LogP contribution is -2.34. The molecule has 1 aliphatic heterocycles. The summed E-state index contributed by atoms with van der Waals surface area (Å²) in [6, 6.07) is 3.59. The summed E-state index contributed by atoms with van der Waals surface area (Å²) in [6.07, 6.45) is 8.83. The van der Waals surface area contributed by atoms with Crippen LogP contribution in [-0.2, 0) is 12.8 Å². The van der Waals surface area contributed by atoms with Crippen LogP contribution in [0.15, 0.2) is 24.5 Å². The van der Waals surface area contributed by atoms with Gasteiger partial charge in [-0.1, -0.05) is 0 Å². The fourth-order valence-electron chi connectivity index (χ4n) is 3.19. The number of pyridine rings is 1. The molecular weight excluding hydrogens is 324 g/mol. The molecule has 0 aromatic carbocycles. The van der Waals surface area contributed by atoms with Gasteiger partial charge < -0.3 is 9.64 Å². The second-order valence-electron chi connectivity index (χ2n) is 6.18. The fourth-order valence-corrected chi connectivity index (χ4v) is 4.23. The van der Waals surface area contributed by atoms with Gasteiger partial charge in [0, 0.05) is 30.2 Å². The number of amides is 2. The first-order valence-electron chi connectivity index (χ1n) is 8.39. The Morgan fingerprint density at radius 2 is 2.12 bits per heavy atom. The third-order valence-corrected chi connectivity index (χ3v) is 5.52. The van der Waals surface area contributed by atoms with E-state index in [4.69, 9.17) is 4.74 Å². The van der Waals surface area contributed by atoms with Gasteiger partial charge in [0.25, 0.3) is 0 Å². The van der Waals surface area contributed by atoms with Crippen molar-refractivity contribution in [1.29, 1.82) is 0 Å². The molecule has 2 aliphatic rings. The molecule has 1 atom stereocenters. The Morgan fingerprint density at radius 1 is 1.29 bits per heavy atom. The normalized spacial score (nSPS) is 19.8. The minimum atomic E-state index is -0.0816. The largest absolute Gasteiger partial charge is 0.488 e. The van der Waals surface area contributed by atoms with E-state index in [2.05, 4.69) is 15.3 Å². The number of aryl methyl sites for hydroxylation is 2. The highest BCUT2D eigenvalue weighted by atomic mass is 32.1. The predicted molar refractivity (Wildman–Crippen MR) is 92.6 cm³/mol. The summed E-state index contributed by atoms with van der Waals surface area (Å²) in [5.74, 6) is 0.796. The molecule has 1 saturated heterocycles. The summed E-state index contributed by atoms with van der Waals surface area (Å²) in [7, 11) is 0. The smallest absolute Gasteiger partial charge is 0.323 e. The van der Waals surface area contributed by atoms with Crippen LogP contribution < -0.4 is 10.1 Å². The van der Waals surface area contributed by atoms with Gasteiger partial charge in [0.05, 0.1) is 12.2 Å². The molecule has 0 radical (unpaired) electrons. The second-order valence-corrected chi connectivity index (χ2v) is 7.27. The molecule has 3 heterocycles. The van der Waals surface area contributed by atoms with E-state index in [1.807, 2.05) is 12.1 Å². The number of urea groups is 1. The van der Waals surface area contributed by atoms with Gasteiger partial charge in [-0.15, -0.1) is 11.3 Å². The number of ether oxygens (including phenoxy) is 1. The third-order valence-electron chi connectivity index (χ3n) is 4.44. The molecular formula is C17H20N4O2S. The number of anilines is 1. The number of rotatable bonds is 3. The average Bonchev–Trinajstić information content (AvgIpc) is 3.22. The van der Waals surface area contributed by atoms with Gasteiger partial charge in [0.15, 0.2) is 5.13 Å². The van der Waals surface area contributed by atoms with E-state index < -0.39 is 0 Å². The molecule has 1 fully saturated rings. The van der Waals surface area contributed by atoms with E-state index in [1.54, 1.807) is 28.6 Å². The number of carbonyl (C=O) groups is 1. The number of carbonyl (C=O) groups excluding carboxylic acids is 1. The zero-order chi connectivity index (χ0) is 16.4. The molecule has 0 saturated carbocycles. The Labute approximate surface area is 144 Å². The molecule has 24 heavy (non-hydrogen) atoms. The van der Waals surface area contributed by atoms with Crippen LogP contribution in [0, 0.1) is 0 Å². The summed E-state index contributed by atoms with van der Waals surface area (Å²) < 4.78 is 5.90. The first kappa shape index (κ1) is 15.4. The monoisotopic (exact) mass is 344 g/mol. The van der Waals surface area contributed by atoms with Crippen LogP contribution in [0.5, 0.6) is 5.75 Å². The van der Waals surface area contributed by atoms with Crippen LogP contribution >= 0.6 is 11.3 Å². The van der Waals surface area contributed by atoms with Gasteiger partial charge in [-0.3, -0.25) is 10.3 Å². The highest BCUT2D eigenvalue weighted by Gasteiger charge is 2.28. The molecule has 2 amide bonds. The SMILES string of the molecule is O=C(Nc1nc2c(s1)CCCC2)N1CC[C@@H](Oc2ccncc2)C1. The predicted octanol–water partition coefficient (Wildman–Crippen LogP) is 3.10. The van der Waals surface area contributed by atoms with Gasteiger partial charge in [-0.2, -0.15) is 0 Å². The topological polar surface area (TPSA) is 67.4 Å². The first-order chi connectivity index (χ1) is 11.8. The van der Waals surface area contributed by atoms with Crippen molar-refractivity contribution in [3.8, 4) is 5.75 Å². The molecule has 6 nitrogen and oxygen atoms in total. The number of hydrogen-bond acceptors (Lipinski definition) is 5. The van der Waals surface area contributed by atoms with Crippen LogP contribution in [0.3, 0.4) is 0 Å². The maximum absolute atomic E-state index is 12.4. The third kappa shape index (κ3) is 3.36. The molecule has 0 bridgehead atoms. The quantitative estimate of drug-likeness (QED) is 0.929. The number of nitrogens with one attached hydrogen (secondary N) is 1. The first-order valence-corrected chi connectivity index (χ1v) is 9.21. The van der Waals surface area contributed by atoms with Crippen LogP contribution in [0.4, 0.5) is 9.93 Å². The number of aromatic nitrogens is 2. The van der Waals surface area contributed by atoms with Crippen molar-refractivity contribution in [2.75, 3.05) is 18.4 Å². The van der Waals surface area contributed by atoms with Crippen LogP contribution in [0.2, 0.25) is 0 Å². The van der Waals surface area contributed by atoms with E-state index in [1.165, 1.54) is 23.4 Å². The van der Waals surface area contributed by atoms with Crippen LogP contribution in [-0.4, -0.2) is 40.1 Å². The lowest BCUT2D eigenvalue weighted by atomic mass is 10.0. The minimum Gasteiger partial charge on any atom is -0.488 e. The molecule has 1 aliphatic carbocycles. The summed E-state index contributed by atoms with van der Waals surface area (Å²) in [6.45, 7) is 1.30. The summed E-state index contributed by atoms with van der Waals surface area (Å²) in [5, 5.41) is 3.68. The second kappa shape index (κ2) is 6.76. The van der Waals surface area contributed by atoms with Crippen molar-refractivity contribution in [3.63, 3.8) is 0 Å². The molecule has 2 aromatic rings. The van der Waals surface area contributed by atoms with E-state index >= 15 is 0 Å². The lowest BCUT2D eigenvalue weighted by Gasteiger charge is -2.17. The minimum absolute atomic E-state index is 0.0302. The Morgan fingerprint density at radius 3 is 2.96 bits per heavy atom. The number of likely N-dealkylation sites (tertiary alicyclic amines) is 1. The van der Waals surface area contributed by atoms with Crippen molar-refractivity contribution >= 4 is 22.5 Å². The molecule has 0 unspecified atom stereocenters. The average molecular weight is 344 g/mol. The fraction of sp³-hybridized carbons (Fsp3) is 0.471. The highest BCUT2D eigenvalue weighted by molar-refractivity contribution is 7.15. The van der Waals surface area contributed by atoms with E-state index in [0.717, 1.165) is 30.1 Å². The van der Waals surface area contributed by atoms with Crippen LogP contribution in [0.25, 0.3) is 0 Å². The van der Waals surface area contributed by atoms with E-state index in [9.17, 15) is 4.79 Å². The highest BCUT2D eigenvalue weighted by Crippen LogP contribution is 2.30. The van der Waals surface area contributed by atoms with Crippen molar-refractivity contribution in [3.05, 3.63) is 35.1 Å². The molecule has 126 valence electrons. The lowest BCUT2D eigenvalue weighted by molar-refractivity contribution is 0.194. The molecule has 4 rings (SSSR count). The summed E-state index contributed by atoms with van der Waals surface area (Å²) in [4.78, 5) is 24.1. The number of thiazole rings is 1. The van der Waals surface area contributed by atoms with Gasteiger partial charge in [0.1, 0.15) is 11.9 Å². The standard InChI is InChI=1S/C17H20N4O2S/c22-17(20-16-19-14-3-1-2-4-15(14)24-16)21-10-7-13(11-21)23-12-5-8-18-9-6-12/h5-6,8-9,13H,1-4,7,10-11H2,(H,19,20,22)/t13-/m1/s1. The van der Waals surface area contributed by atoms with Crippen LogP contribution in [0.1, 0.15) is 29.8 Å². The van der Waals surface area contributed by atoms with Gasteiger partial charge in [-0.05, 0) is 37.8 Å². The van der Waals surface area contributed by atoms with Crippen molar-refractivity contribution < 1.29 is 9.53 Å². The Bertz CT molecular complexity index is 695. The van der Waals surface area contributed by atoms with Crippen molar-refractivity contribution in [1.82, 2.24) is 14.9 Å². The van der Waals surface area contributed by atoms with Crippen molar-refractivity contribution in [2.45, 2.75) is 38.2 Å². The summed E-state index contributed by atoms with van der Waals surface area (Å²) in [5.41, 5.74) is 1.17. The van der Waals surface area contributed by atoms with Crippen molar-refractivity contribution in [2.24, 2.45) is 0 Å². The number of nitrogens with zero attached hydrogens (tertiary/aromatic N) is 3. The number of hydrogen-bond donors (Lipinski definition) is 1. The molecule has 2 aromatic heterocycles. The maximum Gasteiger partial charge on any atom is 0.323 e. The van der Waals surface area contributed by atoms with E-state index in [-0.39, 0.29) is 12.1 Å². The summed E-state index contributed by atoms with van der Waals surface area (Å²) >= 11 is 1.62. The van der Waals surface area contributed by atoms with Gasteiger partial charge in [-0.25, -0.2) is 9.78 Å².